The molecule has 4 radical (unpaired) electrons. The maximum atomic E-state index is 13.2. The number of halogens is 1. The average Bonchev–Trinajstić information content (AvgIpc) is 0.780. The van der Waals surface area contributed by atoms with Crippen LogP contribution in [0.3, 0.4) is 0 Å². The van der Waals surface area contributed by atoms with E-state index in [-0.39, 0.29) is 128 Å². The van der Waals surface area contributed by atoms with Crippen LogP contribution in [0.25, 0.3) is 101 Å². The summed E-state index contributed by atoms with van der Waals surface area (Å²) in [5.74, 6) is -0.351. The molecular weight excluding hydrogens is 1910 g/mol. The van der Waals surface area contributed by atoms with E-state index in [1.807, 2.05) is 195 Å². The number of hydrogen-bond donors (Lipinski definition) is 1. The molecule has 12 heteroatoms. The smallest absolute Gasteiger partial charge is 0.155 e. The van der Waals surface area contributed by atoms with Gasteiger partial charge < -0.3 is 30.0 Å². The molecule has 14 aromatic rings. The molecule has 0 aliphatic heterocycles. The fourth-order valence-electron chi connectivity index (χ4n) is 8.96. The number of carbonyl (C=O) groups excluding carboxylic acids is 1. The second-order valence-electron chi connectivity index (χ2n) is 20.5. The van der Waals surface area contributed by atoms with E-state index in [4.69, 9.17) is 12.0 Å². The number of ketones is 1. The predicted molar refractivity (Wildman–Crippen MR) is 376 cm³/mol. The number of nitrogens with zero attached hydrogens (tertiary/aromatic N) is 5. The summed E-state index contributed by atoms with van der Waals surface area (Å²) in [7, 11) is 0. The Balaban J connectivity index is 0.000000224. The Labute approximate surface area is 630 Å². The van der Waals surface area contributed by atoms with Crippen LogP contribution >= 0.6 is 0 Å². The number of rotatable bonds is 10. The minimum Gasteiger partial charge on any atom is -0.512 e. The van der Waals surface area contributed by atoms with Crippen molar-refractivity contribution in [3.8, 4) is 101 Å². The standard InChI is InChI=1S/C17H11FN.3C17H12N.C12H10N.C5H8O2.4Ir/c18-16-9-10-19-17(12-16)15-8-4-7-14(11-15)13-5-2-1-3-6-13;1-3-7-14(8-4-1)16-11-12-17(18-13-16)15-9-5-2-6-10-15;1-2-7-14(8-3-1)15-9-6-10-16(13-15)17-11-4-5-12-18-17;1-2-6-14(7-3-1)15-9-11-16(12-10-15)17-8-4-5-13-18-17;1-10-7-8-12(13-9-10)11-5-3-2-4-6-11;1-4(6)3-5(2)7;;;;/h1-7,9-12H;2*1-9,11-13H;1-11,13H;2-5,7-9H,1H3;3,6H,1-2H3;;;;/q5*-1;;;;;/i;1D,3D,4D,7D,8D;;;;;;;;. The van der Waals surface area contributed by atoms with Crippen LogP contribution in [0.1, 0.15) is 26.3 Å². The molecule has 97 heavy (non-hydrogen) atoms. The van der Waals surface area contributed by atoms with E-state index < -0.39 is 6.04 Å². The number of aliphatic hydroxyl groups excluding tert-OH is 1. The molecule has 0 amide bonds. The van der Waals surface area contributed by atoms with Gasteiger partial charge in [-0.3, -0.25) is 4.79 Å². The summed E-state index contributed by atoms with van der Waals surface area (Å²) in [5.41, 5.74) is 17.7. The summed E-state index contributed by atoms with van der Waals surface area (Å²) in [6.45, 7) is 4.88. The van der Waals surface area contributed by atoms with Gasteiger partial charge >= 0.3 is 0 Å². The summed E-state index contributed by atoms with van der Waals surface area (Å²) in [5, 5.41) is 8.36. The van der Waals surface area contributed by atoms with Crippen molar-refractivity contribution in [1.82, 2.24) is 24.9 Å². The Morgan fingerprint density at radius 3 is 1.25 bits per heavy atom. The molecule has 1 N–H and O–H groups in total. The molecule has 0 unspecified atom stereocenters. The van der Waals surface area contributed by atoms with E-state index >= 15 is 0 Å². The molecule has 0 fully saturated rings. The minimum absolute atomic E-state index is 0. The number of aryl methyl sites for hydroxylation is 1. The number of carbonyl (C=O) groups is 1. The number of aromatic nitrogens is 5. The topological polar surface area (TPSA) is 102 Å². The van der Waals surface area contributed by atoms with Gasteiger partial charge in [-0.15, -0.1) is 172 Å². The third-order valence-corrected chi connectivity index (χ3v) is 13.5. The van der Waals surface area contributed by atoms with Crippen molar-refractivity contribution < 1.29 is 102 Å². The van der Waals surface area contributed by atoms with Crippen LogP contribution in [0, 0.1) is 43.1 Å². The molecule has 5 heterocycles. The second kappa shape index (κ2) is 42.8. The molecular formula is C85H65FIr4N5O2-5. The van der Waals surface area contributed by atoms with Gasteiger partial charge in [0.25, 0.3) is 0 Å². The molecule has 5 aromatic heterocycles. The number of benzene rings is 9. The van der Waals surface area contributed by atoms with Crippen LogP contribution in [0.2, 0.25) is 0 Å². The van der Waals surface area contributed by atoms with Crippen LogP contribution in [-0.2, 0) is 85.2 Å². The Kier molecular flexibility index (Phi) is 31.0. The molecule has 0 atom stereocenters. The third kappa shape index (κ3) is 25.9. The zero-order valence-electron chi connectivity index (χ0n) is 57.7. The first-order chi connectivity index (χ1) is 47.7. The summed E-state index contributed by atoms with van der Waals surface area (Å²) < 4.78 is 52.3. The van der Waals surface area contributed by atoms with E-state index in [0.29, 0.717) is 17.0 Å². The maximum Gasteiger partial charge on any atom is 0.155 e. The first-order valence-electron chi connectivity index (χ1n) is 32.1. The number of allylic oxidation sites excluding steroid dienone is 2. The summed E-state index contributed by atoms with van der Waals surface area (Å²) in [6, 6.07) is 100. The van der Waals surface area contributed by atoms with Crippen molar-refractivity contribution in [2.75, 3.05) is 0 Å². The predicted octanol–water partition coefficient (Wildman–Crippen LogP) is 20.9. The first-order valence-corrected chi connectivity index (χ1v) is 29.6. The summed E-state index contributed by atoms with van der Waals surface area (Å²) >= 11 is 0. The second-order valence-corrected chi connectivity index (χ2v) is 20.5. The summed E-state index contributed by atoms with van der Waals surface area (Å²) in [6.07, 6.45) is 9.63. The minimum atomic E-state index is -0.396. The van der Waals surface area contributed by atoms with E-state index in [2.05, 4.69) is 110 Å². The van der Waals surface area contributed by atoms with Crippen LogP contribution in [-0.4, -0.2) is 35.8 Å². The van der Waals surface area contributed by atoms with E-state index in [0.717, 1.165) is 56.0 Å². The Morgan fingerprint density at radius 2 is 0.825 bits per heavy atom. The fraction of sp³-hybridized carbons (Fsp3) is 0.0353. The molecule has 490 valence electrons. The van der Waals surface area contributed by atoms with Gasteiger partial charge in [0.05, 0.1) is 12.6 Å². The van der Waals surface area contributed by atoms with Crippen molar-refractivity contribution in [3.05, 3.63) is 382 Å². The van der Waals surface area contributed by atoms with Crippen LogP contribution in [0.5, 0.6) is 0 Å². The molecule has 9 aromatic carbocycles. The largest absolute Gasteiger partial charge is 0.512 e. The van der Waals surface area contributed by atoms with Gasteiger partial charge in [-0.05, 0) is 101 Å². The quantitative estimate of drug-likeness (QED) is 0.0827. The van der Waals surface area contributed by atoms with Crippen LogP contribution < -0.4 is 0 Å². The molecule has 0 saturated heterocycles. The van der Waals surface area contributed by atoms with Gasteiger partial charge in [0.2, 0.25) is 0 Å². The third-order valence-electron chi connectivity index (χ3n) is 13.5. The molecule has 0 spiro atoms. The van der Waals surface area contributed by atoms with Crippen LogP contribution in [0.4, 0.5) is 4.39 Å². The van der Waals surface area contributed by atoms with E-state index in [1.165, 1.54) is 72.3 Å². The molecule has 0 aliphatic carbocycles. The zero-order chi connectivity index (χ0) is 69.0. The van der Waals surface area contributed by atoms with Gasteiger partial charge in [0.15, 0.2) is 5.78 Å². The number of aliphatic hydroxyl groups is 1. The van der Waals surface area contributed by atoms with Gasteiger partial charge in [-0.25, -0.2) is 4.39 Å². The van der Waals surface area contributed by atoms with Gasteiger partial charge in [-0.2, -0.15) is 0 Å². The van der Waals surface area contributed by atoms with Gasteiger partial charge in [0.1, 0.15) is 5.82 Å². The number of pyridine rings is 5. The molecule has 14 rings (SSSR count). The van der Waals surface area contributed by atoms with Gasteiger partial charge in [-0.1, -0.05) is 181 Å². The van der Waals surface area contributed by atoms with Gasteiger partial charge in [0, 0.05) is 117 Å². The van der Waals surface area contributed by atoms with Crippen molar-refractivity contribution in [2.24, 2.45) is 0 Å². The SMILES string of the molecule is CC(=O)C=C(C)O.Cc1ccc(-c2[c-]cccc2)nc1.Fc1ccnc(-c2[c-]ccc(-c3ccccc3)c2)c1.[2H]c1c([2H])c([2H])c(-c2ccc(-c3[c-]cccc3)nc2)c([2H])c1[2H].[Ir].[Ir].[Ir].[Ir].[c-]1cc(-c2ccccc2)ccc1-c1ccccn1.[c-]1ccc(-c2ccccc2)cc1-c1ccccn1. The van der Waals surface area contributed by atoms with E-state index in [9.17, 15) is 9.18 Å². The van der Waals surface area contributed by atoms with Crippen molar-refractivity contribution in [1.29, 1.82) is 0 Å². The molecule has 0 bridgehead atoms. The maximum absolute atomic E-state index is 13.2. The number of hydrogen-bond acceptors (Lipinski definition) is 7. The molecule has 0 aliphatic rings. The Bertz CT molecular complexity index is 4700. The Morgan fingerprint density at radius 1 is 0.381 bits per heavy atom. The van der Waals surface area contributed by atoms with Crippen molar-refractivity contribution in [2.45, 2.75) is 20.8 Å². The van der Waals surface area contributed by atoms with E-state index in [1.54, 1.807) is 30.6 Å². The van der Waals surface area contributed by atoms with Crippen LogP contribution in [0.15, 0.2) is 340 Å². The van der Waals surface area contributed by atoms with Crippen molar-refractivity contribution in [3.63, 3.8) is 0 Å². The fourth-order valence-corrected chi connectivity index (χ4v) is 8.96. The first kappa shape index (κ1) is 70.3. The Hall–Kier alpha value is -9.53. The van der Waals surface area contributed by atoms with Crippen molar-refractivity contribution >= 4 is 5.78 Å². The zero-order valence-corrected chi connectivity index (χ0v) is 62.3. The molecule has 0 saturated carbocycles. The molecule has 7 nitrogen and oxygen atoms in total. The normalized spacial score (nSPS) is 10.6. The average molecular weight is 1980 g/mol. The monoisotopic (exact) mass is 1980 g/mol. The summed E-state index contributed by atoms with van der Waals surface area (Å²) in [4.78, 5) is 31.5.